The van der Waals surface area contributed by atoms with Crippen LogP contribution in [0, 0.1) is 23.0 Å². The number of fused-ring (bicyclic) bond motifs is 1. The predicted molar refractivity (Wildman–Crippen MR) is 124 cm³/mol. The van der Waals surface area contributed by atoms with Gasteiger partial charge in [-0.25, -0.2) is 14.3 Å². The third-order valence-electron chi connectivity index (χ3n) is 5.95. The summed E-state index contributed by atoms with van der Waals surface area (Å²) < 4.78 is 7.14. The summed E-state index contributed by atoms with van der Waals surface area (Å²) in [6.45, 7) is 8.70. The molecule has 1 saturated heterocycles. The van der Waals surface area contributed by atoms with E-state index in [-0.39, 0.29) is 22.6 Å². The lowest BCUT2D eigenvalue weighted by molar-refractivity contribution is -0.385. The first-order valence-corrected chi connectivity index (χ1v) is 11.2. The van der Waals surface area contributed by atoms with Crippen LogP contribution < -0.4 is 0 Å². The Labute approximate surface area is 192 Å². The van der Waals surface area contributed by atoms with Crippen molar-refractivity contribution in [3.63, 3.8) is 0 Å². The molecule has 0 unspecified atom stereocenters. The minimum atomic E-state index is -0.521. The molecule has 9 nitrogen and oxygen atoms in total. The molecule has 2 aromatic heterocycles. The van der Waals surface area contributed by atoms with Gasteiger partial charge in [0.15, 0.2) is 5.65 Å². The number of rotatable bonds is 4. The molecule has 4 rings (SSSR count). The van der Waals surface area contributed by atoms with E-state index in [1.54, 1.807) is 15.5 Å². The highest BCUT2D eigenvalue weighted by Gasteiger charge is 2.28. The fraction of sp³-hybridized carbons (Fsp3) is 0.458. The largest absolute Gasteiger partial charge is 0.444 e. The van der Waals surface area contributed by atoms with E-state index in [0.717, 1.165) is 40.7 Å². The number of hydrogen-bond donors (Lipinski definition) is 0. The zero-order valence-electron chi connectivity index (χ0n) is 19.4. The van der Waals surface area contributed by atoms with E-state index in [4.69, 9.17) is 4.74 Å². The Morgan fingerprint density at radius 1 is 1.21 bits per heavy atom. The van der Waals surface area contributed by atoms with Crippen LogP contribution in [0.15, 0.2) is 36.8 Å². The van der Waals surface area contributed by atoms with Crippen LogP contribution in [0.2, 0.25) is 0 Å². The summed E-state index contributed by atoms with van der Waals surface area (Å²) in [6, 6.07) is 7.39. The minimum absolute atomic E-state index is 0.124. The number of aromatic nitrogens is 3. The summed E-state index contributed by atoms with van der Waals surface area (Å²) in [5.41, 5.74) is 3.66. The van der Waals surface area contributed by atoms with E-state index in [1.165, 1.54) is 6.33 Å². The summed E-state index contributed by atoms with van der Waals surface area (Å²) >= 11 is 0. The second-order valence-electron chi connectivity index (χ2n) is 9.66. The molecule has 0 aliphatic carbocycles. The fourth-order valence-electron chi connectivity index (χ4n) is 4.29. The van der Waals surface area contributed by atoms with E-state index in [0.29, 0.717) is 19.5 Å². The summed E-state index contributed by atoms with van der Waals surface area (Å²) in [5, 5.41) is 16.1. The summed E-state index contributed by atoms with van der Waals surface area (Å²) in [4.78, 5) is 29.8. The van der Waals surface area contributed by atoms with Gasteiger partial charge in [0.2, 0.25) is 0 Å². The molecule has 3 heterocycles. The molecule has 0 saturated carbocycles. The molecule has 9 heteroatoms. The molecule has 1 aliphatic rings. The number of nitro groups is 1. The number of nitro benzene ring substituents is 1. The molecular formula is C24H29N5O4. The molecule has 0 spiro atoms. The third kappa shape index (κ3) is 5.13. The van der Waals surface area contributed by atoms with Gasteiger partial charge in [-0.15, -0.1) is 0 Å². The van der Waals surface area contributed by atoms with Gasteiger partial charge in [-0.2, -0.15) is 5.10 Å². The number of likely N-dealkylation sites (tertiary alicyclic amines) is 1. The number of amides is 1. The van der Waals surface area contributed by atoms with Gasteiger partial charge < -0.3 is 9.64 Å². The highest BCUT2D eigenvalue weighted by molar-refractivity contribution is 5.70. The number of carbonyl (C=O) groups excluding carboxylic acids is 1. The number of pyridine rings is 1. The normalized spacial score (nSPS) is 15.1. The summed E-state index contributed by atoms with van der Waals surface area (Å²) in [6.07, 6.45) is 5.23. The zero-order chi connectivity index (χ0) is 23.8. The number of ether oxygens (including phenoxy) is 1. The zero-order valence-corrected chi connectivity index (χ0v) is 19.4. The van der Waals surface area contributed by atoms with Crippen molar-refractivity contribution in [3.05, 3.63) is 58.0 Å². The van der Waals surface area contributed by atoms with Crippen LogP contribution in [0.1, 0.15) is 44.7 Å². The van der Waals surface area contributed by atoms with Crippen molar-refractivity contribution in [1.29, 1.82) is 0 Å². The van der Waals surface area contributed by atoms with Crippen LogP contribution in [0.5, 0.6) is 0 Å². The second kappa shape index (κ2) is 8.80. The van der Waals surface area contributed by atoms with Crippen LogP contribution in [-0.2, 0) is 11.2 Å². The average Bonchev–Trinajstić information content (AvgIpc) is 3.22. The van der Waals surface area contributed by atoms with E-state index < -0.39 is 5.60 Å². The Balaban J connectivity index is 1.49. The SMILES string of the molecule is Cc1cc(-c2ccc(CC3CCN(C(=O)OC(C)(C)C)CC3)c([N+](=O)[O-])c2)cn2ncnc12. The predicted octanol–water partition coefficient (Wildman–Crippen LogP) is 4.80. The lowest BCUT2D eigenvalue weighted by Gasteiger charge is -2.33. The van der Waals surface area contributed by atoms with Crippen molar-refractivity contribution in [1.82, 2.24) is 19.5 Å². The molecule has 33 heavy (non-hydrogen) atoms. The Kier molecular flexibility index (Phi) is 6.05. The van der Waals surface area contributed by atoms with Gasteiger partial charge in [-0.05, 0) is 70.1 Å². The Hall–Kier alpha value is -3.49. The van der Waals surface area contributed by atoms with E-state index in [9.17, 15) is 14.9 Å². The number of nitrogens with zero attached hydrogens (tertiary/aromatic N) is 5. The van der Waals surface area contributed by atoms with Gasteiger partial charge in [0, 0.05) is 36.5 Å². The minimum Gasteiger partial charge on any atom is -0.444 e. The number of piperidine rings is 1. The lowest BCUT2D eigenvalue weighted by atomic mass is 9.89. The first-order chi connectivity index (χ1) is 15.6. The van der Waals surface area contributed by atoms with Crippen molar-refractivity contribution in [3.8, 4) is 11.1 Å². The molecule has 1 aliphatic heterocycles. The van der Waals surface area contributed by atoms with Gasteiger partial charge in [0.25, 0.3) is 5.69 Å². The van der Waals surface area contributed by atoms with Crippen molar-refractivity contribution >= 4 is 17.4 Å². The molecular weight excluding hydrogens is 422 g/mol. The number of carbonyl (C=O) groups is 1. The standard InChI is InChI=1S/C24H29N5O4/c1-16-11-20(14-28-22(16)25-15-26-28)18-5-6-19(21(13-18)29(31)32)12-17-7-9-27(10-8-17)23(30)33-24(2,3)4/h5-6,11,13-15,17H,7-10,12H2,1-4H3. The molecule has 174 valence electrons. The Morgan fingerprint density at radius 3 is 2.61 bits per heavy atom. The summed E-state index contributed by atoms with van der Waals surface area (Å²) in [5.74, 6) is 0.280. The van der Waals surface area contributed by atoms with Crippen molar-refractivity contribution in [2.75, 3.05) is 13.1 Å². The van der Waals surface area contributed by atoms with Crippen LogP contribution in [-0.4, -0.2) is 49.2 Å². The maximum absolute atomic E-state index is 12.3. The molecule has 0 bridgehead atoms. The smallest absolute Gasteiger partial charge is 0.410 e. The number of hydrogen-bond acceptors (Lipinski definition) is 6. The van der Waals surface area contributed by atoms with Crippen molar-refractivity contribution in [2.24, 2.45) is 5.92 Å². The highest BCUT2D eigenvalue weighted by atomic mass is 16.6. The molecule has 0 N–H and O–H groups in total. The van der Waals surface area contributed by atoms with Gasteiger partial charge in [-0.3, -0.25) is 10.1 Å². The van der Waals surface area contributed by atoms with Crippen LogP contribution in [0.4, 0.5) is 10.5 Å². The maximum Gasteiger partial charge on any atom is 0.410 e. The van der Waals surface area contributed by atoms with Crippen LogP contribution >= 0.6 is 0 Å². The molecule has 0 atom stereocenters. The third-order valence-corrected chi connectivity index (χ3v) is 5.95. The maximum atomic E-state index is 12.3. The topological polar surface area (TPSA) is 103 Å². The number of benzene rings is 1. The molecule has 1 amide bonds. The van der Waals surface area contributed by atoms with E-state index in [2.05, 4.69) is 10.1 Å². The van der Waals surface area contributed by atoms with Crippen molar-refractivity contribution < 1.29 is 14.5 Å². The first-order valence-electron chi connectivity index (χ1n) is 11.2. The van der Waals surface area contributed by atoms with Gasteiger partial charge in [0.1, 0.15) is 11.9 Å². The number of aryl methyl sites for hydroxylation is 1. The quantitative estimate of drug-likeness (QED) is 0.417. The lowest BCUT2D eigenvalue weighted by Crippen LogP contribution is -2.42. The van der Waals surface area contributed by atoms with Gasteiger partial charge in [0.05, 0.1) is 4.92 Å². The Morgan fingerprint density at radius 2 is 1.94 bits per heavy atom. The summed E-state index contributed by atoms with van der Waals surface area (Å²) in [7, 11) is 0. The average molecular weight is 452 g/mol. The highest BCUT2D eigenvalue weighted by Crippen LogP contribution is 2.32. The van der Waals surface area contributed by atoms with Crippen LogP contribution in [0.25, 0.3) is 16.8 Å². The van der Waals surface area contributed by atoms with Gasteiger partial charge in [-0.1, -0.05) is 12.1 Å². The molecule has 3 aromatic rings. The van der Waals surface area contributed by atoms with Gasteiger partial charge >= 0.3 is 6.09 Å². The van der Waals surface area contributed by atoms with Crippen LogP contribution in [0.3, 0.4) is 0 Å². The first kappa shape index (κ1) is 22.7. The van der Waals surface area contributed by atoms with E-state index in [1.807, 2.05) is 52.1 Å². The Bertz CT molecular complexity index is 1190. The monoisotopic (exact) mass is 451 g/mol. The van der Waals surface area contributed by atoms with E-state index >= 15 is 0 Å². The fourth-order valence-corrected chi connectivity index (χ4v) is 4.29. The van der Waals surface area contributed by atoms with Crippen molar-refractivity contribution in [2.45, 2.75) is 52.6 Å². The second-order valence-corrected chi connectivity index (χ2v) is 9.66. The molecule has 0 radical (unpaired) electrons. The molecule has 1 fully saturated rings. The molecule has 1 aromatic carbocycles.